The molecule has 1 amide bonds. The minimum atomic E-state index is 0.000122. The van der Waals surface area contributed by atoms with Crippen LogP contribution in [0.4, 0.5) is 5.82 Å². The molecule has 0 radical (unpaired) electrons. The van der Waals surface area contributed by atoms with Crippen LogP contribution in [0, 0.1) is 0 Å². The molecule has 2 N–H and O–H groups in total. The Balaban J connectivity index is 1.46. The molecule has 0 spiro atoms. The third kappa shape index (κ3) is 3.05. The minimum Gasteiger partial charge on any atom is -0.382 e. The lowest BCUT2D eigenvalue weighted by molar-refractivity contribution is -0.132. The lowest BCUT2D eigenvalue weighted by Crippen LogP contribution is -2.31. The Bertz CT molecular complexity index is 888. The third-order valence-electron chi connectivity index (χ3n) is 4.71. The van der Waals surface area contributed by atoms with E-state index in [1.807, 2.05) is 39.8 Å². The number of nitrogens with zero attached hydrogens (tertiary/aromatic N) is 5. The lowest BCUT2D eigenvalue weighted by atomic mass is 10.1. The summed E-state index contributed by atoms with van der Waals surface area (Å²) in [5, 5.41) is 8.08. The standard InChI is InChI=1S/C18H20N6O/c19-17-8-7-14(21-22-17)16-6-3-10-24(16)18(25)9-11-23-12-20-13-4-1-2-5-15(13)23/h1-2,4-5,7-8,12,16H,3,6,9-11H2,(H2,19,22). The van der Waals surface area contributed by atoms with Gasteiger partial charge in [-0.3, -0.25) is 4.79 Å². The van der Waals surface area contributed by atoms with E-state index in [-0.39, 0.29) is 11.9 Å². The maximum atomic E-state index is 12.7. The molecule has 1 fully saturated rings. The van der Waals surface area contributed by atoms with Gasteiger partial charge in [0.25, 0.3) is 0 Å². The first-order valence-electron chi connectivity index (χ1n) is 8.51. The van der Waals surface area contributed by atoms with Gasteiger partial charge in [0.1, 0.15) is 5.82 Å². The summed E-state index contributed by atoms with van der Waals surface area (Å²) >= 11 is 0. The summed E-state index contributed by atoms with van der Waals surface area (Å²) in [5.41, 5.74) is 8.42. The van der Waals surface area contributed by atoms with Gasteiger partial charge in [0.15, 0.2) is 0 Å². The van der Waals surface area contributed by atoms with Gasteiger partial charge in [0.2, 0.25) is 5.91 Å². The van der Waals surface area contributed by atoms with Crippen LogP contribution in [0.15, 0.2) is 42.7 Å². The highest BCUT2D eigenvalue weighted by molar-refractivity contribution is 5.78. The highest BCUT2D eigenvalue weighted by atomic mass is 16.2. The smallest absolute Gasteiger partial charge is 0.224 e. The van der Waals surface area contributed by atoms with Crippen LogP contribution in [-0.2, 0) is 11.3 Å². The molecule has 3 heterocycles. The molecule has 2 aromatic heterocycles. The highest BCUT2D eigenvalue weighted by Gasteiger charge is 2.30. The first-order chi connectivity index (χ1) is 12.2. The number of aromatic nitrogens is 4. The number of nitrogen functional groups attached to an aromatic ring is 1. The first-order valence-corrected chi connectivity index (χ1v) is 8.51. The molecule has 4 rings (SSSR count). The fraction of sp³-hybridized carbons (Fsp3) is 0.333. The summed E-state index contributed by atoms with van der Waals surface area (Å²) in [6.45, 7) is 1.39. The Morgan fingerprint density at radius 2 is 2.08 bits per heavy atom. The van der Waals surface area contributed by atoms with Crippen LogP contribution in [-0.4, -0.2) is 37.1 Å². The second-order valence-corrected chi connectivity index (χ2v) is 6.30. The van der Waals surface area contributed by atoms with Gasteiger partial charge in [-0.05, 0) is 37.1 Å². The number of amides is 1. The number of anilines is 1. The Morgan fingerprint density at radius 3 is 2.92 bits per heavy atom. The summed E-state index contributed by atoms with van der Waals surface area (Å²) in [7, 11) is 0. The topological polar surface area (TPSA) is 89.9 Å². The van der Waals surface area contributed by atoms with Crippen LogP contribution in [0.5, 0.6) is 0 Å². The van der Waals surface area contributed by atoms with Crippen LogP contribution < -0.4 is 5.73 Å². The maximum absolute atomic E-state index is 12.7. The molecule has 1 atom stereocenters. The van der Waals surface area contributed by atoms with Gasteiger partial charge >= 0.3 is 0 Å². The van der Waals surface area contributed by atoms with Gasteiger partial charge in [-0.25, -0.2) is 4.98 Å². The second kappa shape index (κ2) is 6.51. The zero-order valence-electron chi connectivity index (χ0n) is 13.9. The fourth-order valence-corrected chi connectivity index (χ4v) is 3.45. The molecule has 1 aliphatic rings. The van der Waals surface area contributed by atoms with Gasteiger partial charge in [0, 0.05) is 19.5 Å². The van der Waals surface area contributed by atoms with Crippen LogP contribution in [0.1, 0.15) is 31.0 Å². The SMILES string of the molecule is Nc1ccc(C2CCCN2C(=O)CCn2cnc3ccccc32)nn1. The molecule has 0 aliphatic carbocycles. The van der Waals surface area contributed by atoms with E-state index >= 15 is 0 Å². The molecular weight excluding hydrogens is 316 g/mol. The van der Waals surface area contributed by atoms with Crippen molar-refractivity contribution in [2.75, 3.05) is 12.3 Å². The predicted molar refractivity (Wildman–Crippen MR) is 94.5 cm³/mol. The van der Waals surface area contributed by atoms with Crippen molar-refractivity contribution in [3.63, 3.8) is 0 Å². The van der Waals surface area contributed by atoms with Crippen LogP contribution in [0.25, 0.3) is 11.0 Å². The second-order valence-electron chi connectivity index (χ2n) is 6.30. The van der Waals surface area contributed by atoms with Gasteiger partial charge in [-0.15, -0.1) is 5.10 Å². The van der Waals surface area contributed by atoms with E-state index in [0.717, 1.165) is 36.1 Å². The lowest BCUT2D eigenvalue weighted by Gasteiger charge is -2.24. The molecule has 0 saturated carbocycles. The number of hydrogen-bond acceptors (Lipinski definition) is 5. The minimum absolute atomic E-state index is 0.000122. The van der Waals surface area contributed by atoms with Crippen LogP contribution in [0.3, 0.4) is 0 Å². The Morgan fingerprint density at radius 1 is 1.20 bits per heavy atom. The molecule has 3 aromatic rings. The molecule has 25 heavy (non-hydrogen) atoms. The number of benzene rings is 1. The molecule has 7 heteroatoms. The normalized spacial score (nSPS) is 17.3. The summed E-state index contributed by atoms with van der Waals surface area (Å²) in [6.07, 6.45) is 4.14. The number of aryl methyl sites for hydroxylation is 1. The van der Waals surface area contributed by atoms with Crippen molar-refractivity contribution in [3.8, 4) is 0 Å². The predicted octanol–water partition coefficient (Wildman–Crippen LogP) is 2.16. The van der Waals surface area contributed by atoms with E-state index in [0.29, 0.717) is 18.8 Å². The average molecular weight is 336 g/mol. The van der Waals surface area contributed by atoms with Crippen molar-refractivity contribution < 1.29 is 4.79 Å². The number of rotatable bonds is 4. The molecular formula is C18H20N6O. The van der Waals surface area contributed by atoms with E-state index in [1.54, 1.807) is 12.4 Å². The van der Waals surface area contributed by atoms with E-state index < -0.39 is 0 Å². The van der Waals surface area contributed by atoms with Crippen molar-refractivity contribution in [3.05, 3.63) is 48.4 Å². The number of nitrogens with two attached hydrogens (primary N) is 1. The van der Waals surface area contributed by atoms with Gasteiger partial charge in [-0.2, -0.15) is 5.10 Å². The zero-order valence-corrected chi connectivity index (χ0v) is 13.9. The molecule has 1 aromatic carbocycles. The van der Waals surface area contributed by atoms with Crippen LogP contribution >= 0.6 is 0 Å². The Kier molecular flexibility index (Phi) is 4.05. The van der Waals surface area contributed by atoms with Crippen molar-refractivity contribution in [1.82, 2.24) is 24.6 Å². The summed E-state index contributed by atoms with van der Waals surface area (Å²) in [6, 6.07) is 11.5. The van der Waals surface area contributed by atoms with Gasteiger partial charge in [0.05, 0.1) is 29.1 Å². The highest BCUT2D eigenvalue weighted by Crippen LogP contribution is 2.31. The van der Waals surface area contributed by atoms with Crippen molar-refractivity contribution in [2.45, 2.75) is 31.8 Å². The molecule has 7 nitrogen and oxygen atoms in total. The van der Waals surface area contributed by atoms with Crippen LogP contribution in [0.2, 0.25) is 0 Å². The van der Waals surface area contributed by atoms with E-state index in [9.17, 15) is 4.79 Å². The zero-order chi connectivity index (χ0) is 17.2. The number of para-hydroxylation sites is 2. The number of carbonyl (C=O) groups excluding carboxylic acids is 1. The van der Waals surface area contributed by atoms with Gasteiger partial charge in [-0.1, -0.05) is 12.1 Å². The summed E-state index contributed by atoms with van der Waals surface area (Å²) in [4.78, 5) is 19.0. The molecule has 1 saturated heterocycles. The number of fused-ring (bicyclic) bond motifs is 1. The Labute approximate surface area is 145 Å². The maximum Gasteiger partial charge on any atom is 0.224 e. The molecule has 128 valence electrons. The monoisotopic (exact) mass is 336 g/mol. The third-order valence-corrected chi connectivity index (χ3v) is 4.71. The summed E-state index contributed by atoms with van der Waals surface area (Å²) < 4.78 is 2.03. The first kappa shape index (κ1) is 15.6. The molecule has 0 bridgehead atoms. The molecule has 1 aliphatic heterocycles. The number of hydrogen-bond donors (Lipinski definition) is 1. The number of imidazole rings is 1. The Hall–Kier alpha value is -2.96. The largest absolute Gasteiger partial charge is 0.382 e. The van der Waals surface area contributed by atoms with Crippen molar-refractivity contribution in [2.24, 2.45) is 0 Å². The van der Waals surface area contributed by atoms with Crippen molar-refractivity contribution in [1.29, 1.82) is 0 Å². The average Bonchev–Trinajstić information content (AvgIpc) is 3.28. The summed E-state index contributed by atoms with van der Waals surface area (Å²) in [5.74, 6) is 0.533. The van der Waals surface area contributed by atoms with Gasteiger partial charge < -0.3 is 15.2 Å². The van der Waals surface area contributed by atoms with E-state index in [1.165, 1.54) is 0 Å². The quantitative estimate of drug-likeness (QED) is 0.788. The van der Waals surface area contributed by atoms with Crippen molar-refractivity contribution >= 4 is 22.8 Å². The number of likely N-dealkylation sites (tertiary alicyclic amines) is 1. The van der Waals surface area contributed by atoms with E-state index in [4.69, 9.17) is 5.73 Å². The van der Waals surface area contributed by atoms with E-state index in [2.05, 4.69) is 15.2 Å². The molecule has 1 unspecified atom stereocenters. The number of carbonyl (C=O) groups is 1. The fourth-order valence-electron chi connectivity index (χ4n) is 3.45.